The fourth-order valence-corrected chi connectivity index (χ4v) is 5.45. The molecule has 1 aromatic carbocycles. The second-order valence-electron chi connectivity index (χ2n) is 10.1. The molecule has 1 saturated carbocycles. The van der Waals surface area contributed by atoms with E-state index in [1.807, 2.05) is 13.8 Å². The average molecular weight is 500 g/mol. The lowest BCUT2D eigenvalue weighted by molar-refractivity contribution is 0.0734. The number of nitrogens with zero attached hydrogens (tertiary/aromatic N) is 5. The average Bonchev–Trinajstić information content (AvgIpc) is 3.37. The second kappa shape index (κ2) is 9.39. The Morgan fingerprint density at radius 2 is 1.94 bits per heavy atom. The number of carbonyl (C=O) groups is 1. The van der Waals surface area contributed by atoms with Gasteiger partial charge in [-0.25, -0.2) is 13.9 Å². The summed E-state index contributed by atoms with van der Waals surface area (Å²) in [5.74, 6) is 0.366. The zero-order chi connectivity index (χ0) is 24.9. The molecule has 0 atom stereocenters. The zero-order valence-corrected chi connectivity index (χ0v) is 21.4. The molecule has 0 spiro atoms. The van der Waals surface area contributed by atoms with Crippen molar-refractivity contribution < 1.29 is 13.9 Å². The fourth-order valence-electron chi connectivity index (χ4n) is 5.33. The molecule has 3 heterocycles. The lowest BCUT2D eigenvalue weighted by Gasteiger charge is -2.31. The van der Waals surface area contributed by atoms with Crippen LogP contribution in [-0.4, -0.2) is 57.0 Å². The molecule has 3 aromatic rings. The molecule has 1 aliphatic heterocycles. The molecule has 2 aliphatic rings. The van der Waals surface area contributed by atoms with E-state index in [4.69, 9.17) is 16.3 Å². The van der Waals surface area contributed by atoms with Crippen molar-refractivity contribution in [2.75, 3.05) is 20.6 Å². The number of benzene rings is 1. The summed E-state index contributed by atoms with van der Waals surface area (Å²) >= 11 is 6.34. The molecule has 0 radical (unpaired) electrons. The molecule has 35 heavy (non-hydrogen) atoms. The van der Waals surface area contributed by atoms with Gasteiger partial charge in [0.05, 0.1) is 46.9 Å². The van der Waals surface area contributed by atoms with E-state index in [9.17, 15) is 9.18 Å². The Morgan fingerprint density at radius 1 is 1.20 bits per heavy atom. The predicted molar refractivity (Wildman–Crippen MR) is 132 cm³/mol. The fraction of sp³-hybridized carbons (Fsp3) is 0.500. The second-order valence-corrected chi connectivity index (χ2v) is 10.5. The number of amides is 1. The Balaban J connectivity index is 1.33. The van der Waals surface area contributed by atoms with E-state index in [0.717, 1.165) is 60.5 Å². The number of ether oxygens (including phenoxy) is 1. The van der Waals surface area contributed by atoms with Crippen LogP contribution >= 0.6 is 11.6 Å². The van der Waals surface area contributed by atoms with E-state index >= 15 is 0 Å². The number of carbonyl (C=O) groups excluding carboxylic acids is 1. The van der Waals surface area contributed by atoms with Crippen molar-refractivity contribution in [2.45, 2.75) is 58.7 Å². The smallest absolute Gasteiger partial charge is 0.258 e. The number of fused-ring (bicyclic) bond motifs is 3. The number of rotatable bonds is 5. The van der Waals surface area contributed by atoms with Gasteiger partial charge in [0.25, 0.3) is 5.91 Å². The van der Waals surface area contributed by atoms with Crippen molar-refractivity contribution in [2.24, 2.45) is 5.92 Å². The predicted octanol–water partition coefficient (Wildman–Crippen LogP) is 4.79. The minimum atomic E-state index is -0.410. The molecule has 5 rings (SSSR count). The Hall–Kier alpha value is -2.71. The number of aromatic nitrogens is 3. The van der Waals surface area contributed by atoms with Crippen LogP contribution in [0.1, 0.15) is 58.7 Å². The maximum Gasteiger partial charge on any atom is 0.258 e. The minimum Gasteiger partial charge on any atom is -0.489 e. The Labute approximate surface area is 209 Å². The van der Waals surface area contributed by atoms with Gasteiger partial charge in [-0.3, -0.25) is 4.79 Å². The van der Waals surface area contributed by atoms with Gasteiger partial charge in [-0.1, -0.05) is 11.6 Å². The zero-order valence-electron chi connectivity index (χ0n) is 20.6. The quantitative estimate of drug-likeness (QED) is 0.505. The molecule has 1 fully saturated rings. The van der Waals surface area contributed by atoms with Crippen molar-refractivity contribution in [1.82, 2.24) is 24.4 Å². The molecule has 0 bridgehead atoms. The van der Waals surface area contributed by atoms with Gasteiger partial charge in [0.2, 0.25) is 0 Å². The monoisotopic (exact) mass is 499 g/mol. The van der Waals surface area contributed by atoms with Crippen molar-refractivity contribution in [3.8, 4) is 5.75 Å². The van der Waals surface area contributed by atoms with E-state index in [-0.39, 0.29) is 12.0 Å². The first-order valence-corrected chi connectivity index (χ1v) is 12.5. The Kier molecular flexibility index (Phi) is 6.44. The molecule has 9 heteroatoms. The van der Waals surface area contributed by atoms with Crippen LogP contribution in [0.15, 0.2) is 18.2 Å². The van der Waals surface area contributed by atoms with Crippen molar-refractivity contribution >= 4 is 23.2 Å². The molecule has 1 amide bonds. The highest BCUT2D eigenvalue weighted by Gasteiger charge is 2.32. The molecular weight excluding hydrogens is 469 g/mol. The molecule has 0 N–H and O–H groups in total. The third-order valence-corrected chi connectivity index (χ3v) is 7.67. The van der Waals surface area contributed by atoms with Crippen LogP contribution in [0.4, 0.5) is 4.39 Å². The first kappa shape index (κ1) is 24.0. The van der Waals surface area contributed by atoms with E-state index in [1.165, 1.54) is 18.2 Å². The first-order chi connectivity index (χ1) is 16.7. The molecular formula is C26H31ClFN5O2. The third-order valence-electron chi connectivity index (χ3n) is 7.13. The SMILES string of the molecule is Cc1nc2c3c(nn2c(C)c1Cl)CN(C(=O)c1ccc(F)cc1OC1CCC(CN(C)C)CC1)C3. The summed E-state index contributed by atoms with van der Waals surface area (Å²) in [5, 5.41) is 5.25. The van der Waals surface area contributed by atoms with Gasteiger partial charge in [0.1, 0.15) is 11.6 Å². The maximum atomic E-state index is 14.2. The van der Waals surface area contributed by atoms with Crippen LogP contribution in [0.5, 0.6) is 5.75 Å². The molecule has 7 nitrogen and oxygen atoms in total. The Bertz CT molecular complexity index is 1280. The largest absolute Gasteiger partial charge is 0.489 e. The van der Waals surface area contributed by atoms with Gasteiger partial charge in [-0.2, -0.15) is 5.10 Å². The van der Waals surface area contributed by atoms with Gasteiger partial charge in [0.15, 0.2) is 5.65 Å². The van der Waals surface area contributed by atoms with Gasteiger partial charge >= 0.3 is 0 Å². The molecule has 2 aromatic heterocycles. The molecule has 0 unspecified atom stereocenters. The van der Waals surface area contributed by atoms with Gasteiger partial charge in [-0.05, 0) is 71.7 Å². The van der Waals surface area contributed by atoms with Gasteiger partial charge < -0.3 is 14.5 Å². The van der Waals surface area contributed by atoms with Crippen LogP contribution in [0.2, 0.25) is 5.02 Å². The summed E-state index contributed by atoms with van der Waals surface area (Å²) in [6, 6.07) is 4.18. The van der Waals surface area contributed by atoms with Crippen LogP contribution < -0.4 is 4.74 Å². The van der Waals surface area contributed by atoms with E-state index in [1.54, 1.807) is 9.42 Å². The standard InChI is InChI=1S/C26H31ClFN5O2/c1-15-24(27)16(2)33-25(29-15)21-13-32(14-22(21)30-33)26(34)20-10-7-18(28)11-23(20)35-19-8-5-17(6-9-19)12-31(3)4/h7,10-11,17,19H,5-6,8-9,12-14H2,1-4H3. The minimum absolute atomic E-state index is 0.0124. The van der Waals surface area contributed by atoms with E-state index in [2.05, 4.69) is 29.1 Å². The summed E-state index contributed by atoms with van der Waals surface area (Å²) in [6.07, 6.45) is 3.93. The van der Waals surface area contributed by atoms with Crippen molar-refractivity contribution in [3.05, 3.63) is 57.2 Å². The summed E-state index contributed by atoms with van der Waals surface area (Å²) < 4.78 is 22.1. The lowest BCUT2D eigenvalue weighted by Crippen LogP contribution is -2.31. The van der Waals surface area contributed by atoms with Gasteiger partial charge in [-0.15, -0.1) is 0 Å². The number of hydrogen-bond acceptors (Lipinski definition) is 5. The molecule has 186 valence electrons. The van der Waals surface area contributed by atoms with Crippen LogP contribution in [-0.2, 0) is 13.1 Å². The van der Waals surface area contributed by atoms with E-state index in [0.29, 0.717) is 35.3 Å². The van der Waals surface area contributed by atoms with Crippen molar-refractivity contribution in [1.29, 1.82) is 0 Å². The summed E-state index contributed by atoms with van der Waals surface area (Å²) in [5.41, 5.74) is 4.39. The highest BCUT2D eigenvalue weighted by Crippen LogP contribution is 2.33. The first-order valence-electron chi connectivity index (χ1n) is 12.1. The number of hydrogen-bond donors (Lipinski definition) is 0. The highest BCUT2D eigenvalue weighted by molar-refractivity contribution is 6.31. The Morgan fingerprint density at radius 3 is 2.66 bits per heavy atom. The van der Waals surface area contributed by atoms with E-state index < -0.39 is 5.82 Å². The molecule has 0 saturated heterocycles. The third kappa shape index (κ3) is 4.61. The lowest BCUT2D eigenvalue weighted by atomic mass is 9.87. The summed E-state index contributed by atoms with van der Waals surface area (Å²) in [4.78, 5) is 22.1. The highest BCUT2D eigenvalue weighted by atomic mass is 35.5. The molecule has 1 aliphatic carbocycles. The topological polar surface area (TPSA) is 63.0 Å². The maximum absolute atomic E-state index is 14.2. The van der Waals surface area contributed by atoms with Crippen molar-refractivity contribution in [3.63, 3.8) is 0 Å². The van der Waals surface area contributed by atoms with Crippen LogP contribution in [0.3, 0.4) is 0 Å². The van der Waals surface area contributed by atoms with Gasteiger partial charge in [0, 0.05) is 18.2 Å². The summed E-state index contributed by atoms with van der Waals surface area (Å²) in [7, 11) is 4.18. The number of halogens is 2. The van der Waals surface area contributed by atoms with Crippen LogP contribution in [0.25, 0.3) is 5.65 Å². The normalized spacial score (nSPS) is 20.0. The number of aryl methyl sites for hydroxylation is 2. The summed E-state index contributed by atoms with van der Waals surface area (Å²) in [6.45, 7) is 5.58. The van der Waals surface area contributed by atoms with Crippen LogP contribution in [0, 0.1) is 25.6 Å².